The molecule has 1 aliphatic rings. The summed E-state index contributed by atoms with van der Waals surface area (Å²) >= 11 is 0. The zero-order chi connectivity index (χ0) is 18.0. The number of carbonyl (C=O) groups is 1. The molecule has 0 N–H and O–H groups in total. The van der Waals surface area contributed by atoms with E-state index >= 15 is 0 Å². The number of pyridine rings is 1. The Labute approximate surface area is 148 Å². The molecule has 0 atom stereocenters. The van der Waals surface area contributed by atoms with Crippen LogP contribution in [0.15, 0.2) is 35.1 Å². The Hall–Kier alpha value is -2.36. The summed E-state index contributed by atoms with van der Waals surface area (Å²) in [6, 6.07) is 8.89. The number of benzene rings is 1. The highest BCUT2D eigenvalue weighted by Gasteiger charge is 2.22. The molecular formula is C21H25NO3. The van der Waals surface area contributed by atoms with Crippen molar-refractivity contribution in [1.82, 2.24) is 4.57 Å². The normalized spacial score (nSPS) is 14.7. The van der Waals surface area contributed by atoms with Gasteiger partial charge in [0.05, 0.1) is 13.7 Å². The number of aromatic nitrogens is 1. The van der Waals surface area contributed by atoms with Crippen LogP contribution >= 0.6 is 0 Å². The Morgan fingerprint density at radius 1 is 1.12 bits per heavy atom. The lowest BCUT2D eigenvalue weighted by molar-refractivity contribution is 0.0970. The molecule has 0 bridgehead atoms. The van der Waals surface area contributed by atoms with Gasteiger partial charge in [0, 0.05) is 29.1 Å². The Kier molecular flexibility index (Phi) is 5.07. The van der Waals surface area contributed by atoms with Gasteiger partial charge in [-0.1, -0.05) is 12.8 Å². The van der Waals surface area contributed by atoms with Crippen LogP contribution in [0.2, 0.25) is 0 Å². The van der Waals surface area contributed by atoms with E-state index in [2.05, 4.69) is 0 Å². The van der Waals surface area contributed by atoms with Gasteiger partial charge in [-0.2, -0.15) is 0 Å². The van der Waals surface area contributed by atoms with Gasteiger partial charge in [0.15, 0.2) is 11.2 Å². The highest BCUT2D eigenvalue weighted by Crippen LogP contribution is 2.39. The number of ketones is 1. The van der Waals surface area contributed by atoms with E-state index in [1.165, 1.54) is 12.8 Å². The zero-order valence-corrected chi connectivity index (χ0v) is 15.2. The number of ether oxygens (including phenoxy) is 1. The van der Waals surface area contributed by atoms with Gasteiger partial charge in [-0.15, -0.1) is 0 Å². The molecule has 2 aromatic rings. The smallest absolute Gasteiger partial charge is 0.182 e. The van der Waals surface area contributed by atoms with E-state index in [-0.39, 0.29) is 17.8 Å². The van der Waals surface area contributed by atoms with Crippen LogP contribution in [0.3, 0.4) is 0 Å². The van der Waals surface area contributed by atoms with Gasteiger partial charge in [-0.25, -0.2) is 0 Å². The molecule has 1 aliphatic carbocycles. The van der Waals surface area contributed by atoms with E-state index in [4.69, 9.17) is 4.74 Å². The molecule has 0 saturated heterocycles. The predicted octanol–water partition coefficient (Wildman–Crippen LogP) is 4.01. The first kappa shape index (κ1) is 17.5. The molecule has 25 heavy (non-hydrogen) atoms. The maximum Gasteiger partial charge on any atom is 0.182 e. The minimum Gasteiger partial charge on any atom is -0.496 e. The molecule has 0 aliphatic heterocycles. The quantitative estimate of drug-likeness (QED) is 0.773. The monoisotopic (exact) mass is 339 g/mol. The summed E-state index contributed by atoms with van der Waals surface area (Å²) in [5.74, 6) is 1.41. The van der Waals surface area contributed by atoms with Crippen molar-refractivity contribution >= 4 is 5.78 Å². The summed E-state index contributed by atoms with van der Waals surface area (Å²) in [5, 5.41) is 0. The third-order valence-electron chi connectivity index (χ3n) is 5.20. The Morgan fingerprint density at radius 2 is 1.76 bits per heavy atom. The lowest BCUT2D eigenvalue weighted by atomic mass is 9.94. The Morgan fingerprint density at radius 3 is 2.36 bits per heavy atom. The second-order valence-electron chi connectivity index (χ2n) is 6.92. The highest BCUT2D eigenvalue weighted by atomic mass is 16.5. The summed E-state index contributed by atoms with van der Waals surface area (Å²) in [6.45, 7) is 3.97. The number of aryl methyl sites for hydroxylation is 2. The number of rotatable bonds is 5. The van der Waals surface area contributed by atoms with Crippen LogP contribution in [-0.2, 0) is 6.54 Å². The largest absolute Gasteiger partial charge is 0.496 e. The summed E-state index contributed by atoms with van der Waals surface area (Å²) < 4.78 is 7.40. The fourth-order valence-electron chi connectivity index (χ4n) is 3.84. The zero-order valence-electron chi connectivity index (χ0n) is 15.2. The number of hydrogen-bond donors (Lipinski definition) is 0. The maximum atomic E-state index is 12.8. The second-order valence-corrected chi connectivity index (χ2v) is 6.92. The van der Waals surface area contributed by atoms with E-state index in [1.807, 2.05) is 36.6 Å². The van der Waals surface area contributed by atoms with Gasteiger partial charge >= 0.3 is 0 Å². The van der Waals surface area contributed by atoms with Gasteiger partial charge in [-0.05, 0) is 56.4 Å². The highest BCUT2D eigenvalue weighted by molar-refractivity contribution is 5.96. The molecule has 1 fully saturated rings. The molecule has 1 saturated carbocycles. The second kappa shape index (κ2) is 7.26. The molecule has 0 radical (unpaired) electrons. The van der Waals surface area contributed by atoms with Crippen LogP contribution in [0.25, 0.3) is 0 Å². The molecule has 3 rings (SSSR count). The summed E-state index contributed by atoms with van der Waals surface area (Å²) in [6.07, 6.45) is 4.79. The molecule has 1 heterocycles. The van der Waals surface area contributed by atoms with Crippen LogP contribution in [0.5, 0.6) is 5.75 Å². The van der Waals surface area contributed by atoms with E-state index in [1.54, 1.807) is 19.2 Å². The number of nitrogens with zero attached hydrogens (tertiary/aromatic N) is 1. The third-order valence-corrected chi connectivity index (χ3v) is 5.20. The lowest BCUT2D eigenvalue weighted by Gasteiger charge is -2.17. The summed E-state index contributed by atoms with van der Waals surface area (Å²) in [4.78, 5) is 24.4. The molecule has 0 amide bonds. The standard InChI is InChI=1S/C21H25NO3/c1-14-10-18(23)11-15(2)22(14)13-20(24)17-8-9-21(25-3)19(12-17)16-6-4-5-7-16/h8-12,16H,4-7,13H2,1-3H3. The van der Waals surface area contributed by atoms with Crippen molar-refractivity contribution in [3.63, 3.8) is 0 Å². The fraction of sp³-hybridized carbons (Fsp3) is 0.429. The number of methoxy groups -OCH3 is 1. The van der Waals surface area contributed by atoms with Crippen LogP contribution in [0.1, 0.15) is 58.9 Å². The average Bonchev–Trinajstić information content (AvgIpc) is 3.11. The van der Waals surface area contributed by atoms with Crippen molar-refractivity contribution in [2.75, 3.05) is 7.11 Å². The van der Waals surface area contributed by atoms with Gasteiger partial charge < -0.3 is 9.30 Å². The molecule has 1 aromatic carbocycles. The van der Waals surface area contributed by atoms with Gasteiger partial charge in [-0.3, -0.25) is 9.59 Å². The molecule has 4 heteroatoms. The molecular weight excluding hydrogens is 314 g/mol. The van der Waals surface area contributed by atoms with Gasteiger partial charge in [0.25, 0.3) is 0 Å². The first-order valence-corrected chi connectivity index (χ1v) is 8.89. The van der Waals surface area contributed by atoms with Crippen LogP contribution in [-0.4, -0.2) is 17.5 Å². The molecule has 4 nitrogen and oxygen atoms in total. The van der Waals surface area contributed by atoms with E-state index in [9.17, 15) is 9.59 Å². The molecule has 1 aromatic heterocycles. The van der Waals surface area contributed by atoms with Crippen molar-refractivity contribution in [1.29, 1.82) is 0 Å². The minimum absolute atomic E-state index is 0.0216. The van der Waals surface area contributed by atoms with Crippen LogP contribution < -0.4 is 10.2 Å². The number of Topliss-reactive ketones (excluding diaryl/α,β-unsaturated/α-hetero) is 1. The fourth-order valence-corrected chi connectivity index (χ4v) is 3.84. The Balaban J connectivity index is 1.90. The molecule has 0 spiro atoms. The van der Waals surface area contributed by atoms with Gasteiger partial charge in [0.1, 0.15) is 5.75 Å². The molecule has 0 unspecified atom stereocenters. The van der Waals surface area contributed by atoms with Crippen LogP contribution in [0, 0.1) is 13.8 Å². The number of carbonyl (C=O) groups excluding carboxylic acids is 1. The first-order valence-electron chi connectivity index (χ1n) is 8.89. The van der Waals surface area contributed by atoms with Crippen molar-refractivity contribution in [3.8, 4) is 5.75 Å². The van der Waals surface area contributed by atoms with Gasteiger partial charge in [0.2, 0.25) is 0 Å². The number of hydrogen-bond acceptors (Lipinski definition) is 3. The molecule has 132 valence electrons. The van der Waals surface area contributed by atoms with Crippen molar-refractivity contribution in [3.05, 3.63) is 63.1 Å². The van der Waals surface area contributed by atoms with E-state index in [0.29, 0.717) is 11.5 Å². The predicted molar refractivity (Wildman–Crippen MR) is 98.7 cm³/mol. The van der Waals surface area contributed by atoms with E-state index < -0.39 is 0 Å². The third kappa shape index (κ3) is 3.68. The summed E-state index contributed by atoms with van der Waals surface area (Å²) in [7, 11) is 1.68. The topological polar surface area (TPSA) is 48.3 Å². The average molecular weight is 339 g/mol. The summed E-state index contributed by atoms with van der Waals surface area (Å²) in [5.41, 5.74) is 3.46. The first-order chi connectivity index (χ1) is 12.0. The van der Waals surface area contributed by atoms with E-state index in [0.717, 1.165) is 35.5 Å². The van der Waals surface area contributed by atoms with Crippen molar-refractivity contribution < 1.29 is 9.53 Å². The Bertz CT molecular complexity index is 818. The van der Waals surface area contributed by atoms with Crippen molar-refractivity contribution in [2.45, 2.75) is 52.0 Å². The van der Waals surface area contributed by atoms with Crippen LogP contribution in [0.4, 0.5) is 0 Å². The minimum atomic E-state index is -0.0216. The SMILES string of the molecule is COc1ccc(C(=O)Cn2c(C)cc(=O)cc2C)cc1C1CCCC1. The van der Waals surface area contributed by atoms with Crippen molar-refractivity contribution in [2.24, 2.45) is 0 Å². The lowest BCUT2D eigenvalue weighted by Crippen LogP contribution is -2.18. The maximum absolute atomic E-state index is 12.8.